The summed E-state index contributed by atoms with van der Waals surface area (Å²) in [4.78, 5) is 36.1. The largest absolute Gasteiger partial charge is 0.476 e. The van der Waals surface area contributed by atoms with Crippen LogP contribution in [-0.4, -0.2) is 56.9 Å². The first-order valence-corrected chi connectivity index (χ1v) is 14.1. The molecule has 0 aliphatic carbocycles. The molecule has 1 aromatic heterocycles. The summed E-state index contributed by atoms with van der Waals surface area (Å²) in [7, 11) is 0. The Morgan fingerprint density at radius 2 is 1.69 bits per heavy atom. The van der Waals surface area contributed by atoms with Crippen molar-refractivity contribution in [2.75, 3.05) is 24.5 Å². The zero-order valence-electron chi connectivity index (χ0n) is 23.1. The molecule has 8 nitrogen and oxygen atoms in total. The second-order valence-corrected chi connectivity index (χ2v) is 11.9. The van der Waals surface area contributed by atoms with Gasteiger partial charge < -0.3 is 15.3 Å². The molecule has 1 saturated heterocycles. The molecule has 1 aliphatic rings. The molecule has 9 heteroatoms. The molecule has 0 saturated carbocycles. The molecular formula is C30H37N5O3S. The van der Waals surface area contributed by atoms with Gasteiger partial charge in [-0.1, -0.05) is 70.5 Å². The molecule has 2 aromatic carbocycles. The van der Waals surface area contributed by atoms with Gasteiger partial charge in [0.1, 0.15) is 11.9 Å². The van der Waals surface area contributed by atoms with Crippen LogP contribution in [0.1, 0.15) is 61.3 Å². The van der Waals surface area contributed by atoms with E-state index in [1.165, 1.54) is 23.5 Å². The number of benzene rings is 2. The van der Waals surface area contributed by atoms with Crippen LogP contribution in [-0.2, 0) is 23.2 Å². The number of aromatic nitrogens is 2. The molecule has 0 spiro atoms. The van der Waals surface area contributed by atoms with Crippen molar-refractivity contribution >= 4 is 29.6 Å². The van der Waals surface area contributed by atoms with Crippen LogP contribution in [0.5, 0.6) is 0 Å². The van der Waals surface area contributed by atoms with Crippen LogP contribution in [0.2, 0.25) is 0 Å². The molecular weight excluding hydrogens is 510 g/mol. The van der Waals surface area contributed by atoms with E-state index in [9.17, 15) is 9.59 Å². The first-order valence-electron chi connectivity index (χ1n) is 13.3. The quantitative estimate of drug-likeness (QED) is 0.364. The number of rotatable bonds is 9. The van der Waals surface area contributed by atoms with Crippen molar-refractivity contribution in [2.24, 2.45) is 0 Å². The lowest BCUT2D eigenvalue weighted by Crippen LogP contribution is -2.56. The molecule has 1 aliphatic heterocycles. The van der Waals surface area contributed by atoms with Crippen molar-refractivity contribution in [2.45, 2.75) is 63.4 Å². The highest BCUT2D eigenvalue weighted by Crippen LogP contribution is 2.31. The minimum Gasteiger partial charge on any atom is -0.476 e. The molecule has 0 unspecified atom stereocenters. The molecule has 1 amide bonds. The average molecular weight is 548 g/mol. The zero-order valence-corrected chi connectivity index (χ0v) is 23.9. The third kappa shape index (κ3) is 7.58. The summed E-state index contributed by atoms with van der Waals surface area (Å²) < 4.78 is 2.13. The predicted molar refractivity (Wildman–Crippen MR) is 155 cm³/mol. The monoisotopic (exact) mass is 547 g/mol. The van der Waals surface area contributed by atoms with Gasteiger partial charge in [-0.05, 0) is 52.6 Å². The lowest BCUT2D eigenvalue weighted by molar-refractivity contribution is -0.125. The van der Waals surface area contributed by atoms with E-state index in [1.807, 2.05) is 4.90 Å². The topological polar surface area (TPSA) is 98.7 Å². The number of nitrogens with one attached hydrogen (secondary N) is 1. The predicted octanol–water partition coefficient (Wildman–Crippen LogP) is 4.94. The van der Waals surface area contributed by atoms with E-state index in [2.05, 4.69) is 95.8 Å². The number of carboxylic acid groups (broad SMARTS) is 1. The highest BCUT2D eigenvalue weighted by molar-refractivity contribution is 7.97. The van der Waals surface area contributed by atoms with Gasteiger partial charge in [-0.15, -0.1) is 0 Å². The van der Waals surface area contributed by atoms with Gasteiger partial charge in [-0.2, -0.15) is 0 Å². The molecule has 2 N–H and O–H groups in total. The maximum Gasteiger partial charge on any atom is 0.356 e. The van der Waals surface area contributed by atoms with Gasteiger partial charge in [0.25, 0.3) is 0 Å². The summed E-state index contributed by atoms with van der Waals surface area (Å²) in [6.45, 7) is 10.9. The fraction of sp³-hybridized carbons (Fsp3) is 0.400. The highest BCUT2D eigenvalue weighted by atomic mass is 32.2. The number of piperazine rings is 1. The van der Waals surface area contributed by atoms with E-state index >= 15 is 0 Å². The van der Waals surface area contributed by atoms with Crippen molar-refractivity contribution in [1.29, 1.82) is 0 Å². The molecule has 4 rings (SSSR count). The van der Waals surface area contributed by atoms with E-state index in [1.54, 1.807) is 11.9 Å². The molecule has 0 bridgehead atoms. The number of carboxylic acids is 1. The Morgan fingerprint density at radius 3 is 2.28 bits per heavy atom. The number of carbonyl (C=O) groups is 2. The van der Waals surface area contributed by atoms with E-state index in [-0.39, 0.29) is 17.0 Å². The van der Waals surface area contributed by atoms with Gasteiger partial charge in [0, 0.05) is 31.1 Å². The molecule has 1 fully saturated rings. The Kier molecular flexibility index (Phi) is 9.24. The van der Waals surface area contributed by atoms with Crippen molar-refractivity contribution in [3.05, 3.63) is 83.3 Å². The molecule has 1 atom stereocenters. The van der Waals surface area contributed by atoms with Crippen LogP contribution in [0.25, 0.3) is 0 Å². The van der Waals surface area contributed by atoms with Gasteiger partial charge >= 0.3 is 5.97 Å². The normalized spacial score (nSPS) is 16.2. The lowest BCUT2D eigenvalue weighted by atomic mass is 9.87. The van der Waals surface area contributed by atoms with E-state index < -0.39 is 12.0 Å². The lowest BCUT2D eigenvalue weighted by Gasteiger charge is -2.40. The molecule has 206 valence electrons. The number of carbonyl (C=O) groups excluding carboxylic acids is 1. The fourth-order valence-electron chi connectivity index (χ4n) is 4.46. The third-order valence-corrected chi connectivity index (χ3v) is 7.94. The maximum atomic E-state index is 13.5. The Bertz CT molecular complexity index is 1260. The smallest absolute Gasteiger partial charge is 0.356 e. The van der Waals surface area contributed by atoms with Gasteiger partial charge in [-0.3, -0.25) is 4.79 Å². The Morgan fingerprint density at radius 1 is 1.00 bits per heavy atom. The van der Waals surface area contributed by atoms with Crippen LogP contribution < -0.4 is 10.2 Å². The number of aromatic carboxylic acids is 1. The number of anilines is 1. The summed E-state index contributed by atoms with van der Waals surface area (Å²) in [6, 6.07) is 16.5. The van der Waals surface area contributed by atoms with Crippen LogP contribution >= 0.6 is 11.9 Å². The number of amides is 1. The van der Waals surface area contributed by atoms with Crippen LogP contribution in [0.4, 0.5) is 5.82 Å². The van der Waals surface area contributed by atoms with Crippen molar-refractivity contribution in [3.63, 3.8) is 0 Å². The third-order valence-electron chi connectivity index (χ3n) is 6.79. The molecule has 0 radical (unpaired) electrons. The maximum absolute atomic E-state index is 13.5. The Balaban J connectivity index is 1.49. The number of nitrogens with zero attached hydrogens (tertiary/aromatic N) is 4. The fourth-order valence-corrected chi connectivity index (χ4v) is 5.45. The van der Waals surface area contributed by atoms with Gasteiger partial charge in [0.05, 0.1) is 12.4 Å². The standard InChI is InChI=1S/C30H37N5O3S/c1-5-6-21-7-9-22(10-8-21)17-33-28(36)26-20-34(27-19-31-25(18-32-27)29(37)38)15-16-35(26)39-24-13-11-23(12-14-24)30(2,3)4/h7-14,18-19,26H,5-6,15-17,20H2,1-4H3,(H,33,36)(H,37,38)/t26-/m1/s1. The first-order chi connectivity index (χ1) is 18.6. The van der Waals surface area contributed by atoms with E-state index in [0.29, 0.717) is 32.0 Å². The SMILES string of the molecule is CCCc1ccc(CNC(=O)[C@H]2CN(c3cnc(C(=O)O)cn3)CCN2Sc2ccc(C(C)(C)C)cc2)cc1. The summed E-state index contributed by atoms with van der Waals surface area (Å²) in [6.07, 6.45) is 4.87. The second-order valence-electron chi connectivity index (χ2n) is 10.8. The molecule has 39 heavy (non-hydrogen) atoms. The number of hydrogen-bond acceptors (Lipinski definition) is 7. The van der Waals surface area contributed by atoms with E-state index in [0.717, 1.165) is 23.3 Å². The number of aryl methyl sites for hydroxylation is 1. The van der Waals surface area contributed by atoms with Crippen LogP contribution in [0, 0.1) is 0 Å². The summed E-state index contributed by atoms with van der Waals surface area (Å²) in [5.41, 5.74) is 3.59. The number of hydrogen-bond donors (Lipinski definition) is 2. The van der Waals surface area contributed by atoms with Crippen LogP contribution in [0.15, 0.2) is 65.8 Å². The first kappa shape index (κ1) is 28.6. The average Bonchev–Trinajstić information content (AvgIpc) is 2.93. The van der Waals surface area contributed by atoms with Crippen molar-refractivity contribution in [3.8, 4) is 0 Å². The van der Waals surface area contributed by atoms with E-state index in [4.69, 9.17) is 5.11 Å². The minimum atomic E-state index is -1.12. The van der Waals surface area contributed by atoms with Crippen molar-refractivity contribution < 1.29 is 14.7 Å². The Labute approximate surface area is 235 Å². The summed E-state index contributed by atoms with van der Waals surface area (Å²) in [5, 5.41) is 12.3. The summed E-state index contributed by atoms with van der Waals surface area (Å²) >= 11 is 1.59. The van der Waals surface area contributed by atoms with Gasteiger partial charge in [0.15, 0.2) is 5.69 Å². The Hall–Kier alpha value is -3.43. The molecule has 2 heterocycles. The minimum absolute atomic E-state index is 0.0636. The zero-order chi connectivity index (χ0) is 28.0. The van der Waals surface area contributed by atoms with Gasteiger partial charge in [0.2, 0.25) is 5.91 Å². The molecule has 3 aromatic rings. The van der Waals surface area contributed by atoms with Crippen molar-refractivity contribution in [1.82, 2.24) is 19.6 Å². The summed E-state index contributed by atoms with van der Waals surface area (Å²) in [5.74, 6) is -0.623. The second kappa shape index (κ2) is 12.6. The highest BCUT2D eigenvalue weighted by Gasteiger charge is 2.34. The van der Waals surface area contributed by atoms with Crippen LogP contribution in [0.3, 0.4) is 0 Å². The van der Waals surface area contributed by atoms with Gasteiger partial charge in [-0.25, -0.2) is 19.1 Å².